The van der Waals surface area contributed by atoms with Gasteiger partial charge in [-0.25, -0.2) is 9.78 Å². The molecule has 0 fully saturated rings. The standard InChI is InChI=1S/C24H32N2O6/c1-5-6-8-13-19(17(3)31-18-11-9-7-10-12-18)32-24(29)16(2)26-23(28)21-22(27)20(30-4)14-15-25-21/h7,9-12,14-17,19,27H,5-6,8,13H2,1-4H3,(H,26,28)/t16-,17+,19+/m0/s1. The highest BCUT2D eigenvalue weighted by atomic mass is 16.6. The molecule has 0 aliphatic carbocycles. The van der Waals surface area contributed by atoms with Gasteiger partial charge in [-0.1, -0.05) is 38.0 Å². The fourth-order valence-electron chi connectivity index (χ4n) is 3.12. The largest absolute Gasteiger partial charge is 0.503 e. The van der Waals surface area contributed by atoms with Crippen LogP contribution in [-0.2, 0) is 9.53 Å². The summed E-state index contributed by atoms with van der Waals surface area (Å²) in [5, 5.41) is 12.6. The Bertz CT molecular complexity index is 874. The third-order valence-electron chi connectivity index (χ3n) is 4.97. The van der Waals surface area contributed by atoms with E-state index in [1.165, 1.54) is 26.3 Å². The molecule has 0 spiro atoms. The quantitative estimate of drug-likeness (QED) is 0.378. The number of carbonyl (C=O) groups is 2. The number of amides is 1. The first-order valence-corrected chi connectivity index (χ1v) is 10.8. The van der Waals surface area contributed by atoms with Gasteiger partial charge in [0, 0.05) is 12.3 Å². The Morgan fingerprint density at radius 1 is 1.12 bits per heavy atom. The molecule has 0 aliphatic heterocycles. The highest BCUT2D eigenvalue weighted by Crippen LogP contribution is 2.27. The van der Waals surface area contributed by atoms with Crippen LogP contribution in [0.2, 0.25) is 0 Å². The van der Waals surface area contributed by atoms with Gasteiger partial charge < -0.3 is 24.6 Å². The molecule has 0 saturated heterocycles. The Morgan fingerprint density at radius 2 is 1.84 bits per heavy atom. The Hall–Kier alpha value is -3.29. The number of para-hydroxylation sites is 1. The van der Waals surface area contributed by atoms with Gasteiger partial charge >= 0.3 is 5.97 Å². The number of hydrogen-bond acceptors (Lipinski definition) is 7. The third-order valence-corrected chi connectivity index (χ3v) is 4.97. The van der Waals surface area contributed by atoms with Crippen LogP contribution < -0.4 is 14.8 Å². The van der Waals surface area contributed by atoms with Gasteiger partial charge in [-0.05, 0) is 38.8 Å². The van der Waals surface area contributed by atoms with Crippen LogP contribution in [0.25, 0.3) is 0 Å². The molecule has 0 aliphatic rings. The molecule has 2 rings (SSSR count). The minimum atomic E-state index is -0.951. The van der Waals surface area contributed by atoms with Crippen molar-refractivity contribution in [2.45, 2.75) is 64.7 Å². The van der Waals surface area contributed by atoms with Crippen LogP contribution in [0.3, 0.4) is 0 Å². The first-order valence-electron chi connectivity index (χ1n) is 10.8. The van der Waals surface area contributed by atoms with Gasteiger partial charge in [-0.2, -0.15) is 0 Å². The molecule has 3 atom stereocenters. The van der Waals surface area contributed by atoms with Gasteiger partial charge in [0.1, 0.15) is 24.0 Å². The lowest BCUT2D eigenvalue weighted by molar-refractivity contribution is -0.155. The van der Waals surface area contributed by atoms with Gasteiger partial charge in [0.15, 0.2) is 17.2 Å². The number of hydrogen-bond donors (Lipinski definition) is 2. The second-order valence-electron chi connectivity index (χ2n) is 7.51. The van der Waals surface area contributed by atoms with Gasteiger partial charge in [-0.3, -0.25) is 4.79 Å². The third kappa shape index (κ3) is 7.14. The molecule has 1 aromatic heterocycles. The molecule has 0 saturated carbocycles. The average Bonchev–Trinajstić information content (AvgIpc) is 2.79. The summed E-state index contributed by atoms with van der Waals surface area (Å²) in [4.78, 5) is 29.1. The average molecular weight is 445 g/mol. The molecule has 0 radical (unpaired) electrons. The number of ether oxygens (including phenoxy) is 3. The predicted octanol–water partition coefficient (Wildman–Crippen LogP) is 3.87. The number of benzene rings is 1. The zero-order valence-electron chi connectivity index (χ0n) is 19.0. The molecular formula is C24H32N2O6. The van der Waals surface area contributed by atoms with Crippen LogP contribution in [0.5, 0.6) is 17.2 Å². The van der Waals surface area contributed by atoms with E-state index in [1.807, 2.05) is 37.3 Å². The van der Waals surface area contributed by atoms with Crippen LogP contribution in [0.1, 0.15) is 56.9 Å². The molecule has 8 heteroatoms. The fraction of sp³-hybridized carbons (Fsp3) is 0.458. The van der Waals surface area contributed by atoms with E-state index in [0.717, 1.165) is 19.3 Å². The van der Waals surface area contributed by atoms with Gasteiger partial charge in [0.2, 0.25) is 0 Å². The van der Waals surface area contributed by atoms with Crippen LogP contribution in [0.15, 0.2) is 42.6 Å². The van der Waals surface area contributed by atoms with E-state index in [1.54, 1.807) is 0 Å². The first kappa shape index (κ1) is 25.0. The summed E-state index contributed by atoms with van der Waals surface area (Å²) < 4.78 is 16.7. The lowest BCUT2D eigenvalue weighted by atomic mass is 10.1. The Balaban J connectivity index is 2.02. The van der Waals surface area contributed by atoms with E-state index in [0.29, 0.717) is 12.2 Å². The second-order valence-corrected chi connectivity index (χ2v) is 7.51. The number of aromatic nitrogens is 1. The second kappa shape index (κ2) is 12.5. The number of rotatable bonds is 12. The van der Waals surface area contributed by atoms with Crippen LogP contribution >= 0.6 is 0 Å². The molecule has 174 valence electrons. The molecule has 1 heterocycles. The zero-order chi connectivity index (χ0) is 23.5. The maximum Gasteiger partial charge on any atom is 0.328 e. The monoisotopic (exact) mass is 444 g/mol. The summed E-state index contributed by atoms with van der Waals surface area (Å²) >= 11 is 0. The summed E-state index contributed by atoms with van der Waals surface area (Å²) in [6.07, 6.45) is 4.08. The molecule has 0 bridgehead atoms. The Labute approximate surface area is 188 Å². The number of unbranched alkanes of at least 4 members (excludes halogenated alkanes) is 2. The number of methoxy groups -OCH3 is 1. The van der Waals surface area contributed by atoms with Gasteiger partial charge in [0.05, 0.1) is 7.11 Å². The SMILES string of the molecule is CCCCC[C@@H](OC(=O)[C@H](C)NC(=O)c1nccc(OC)c1O)[C@@H](C)Oc1ccccc1. The normalized spacial score (nSPS) is 13.5. The molecule has 0 unspecified atom stereocenters. The van der Waals surface area contributed by atoms with Crippen molar-refractivity contribution in [3.8, 4) is 17.2 Å². The number of nitrogens with one attached hydrogen (secondary N) is 1. The molecule has 32 heavy (non-hydrogen) atoms. The molecule has 1 aromatic carbocycles. The summed E-state index contributed by atoms with van der Waals surface area (Å²) in [5.74, 6) is -0.885. The van der Waals surface area contributed by atoms with Gasteiger partial charge in [-0.15, -0.1) is 0 Å². The summed E-state index contributed by atoms with van der Waals surface area (Å²) in [6.45, 7) is 5.48. The first-order chi connectivity index (χ1) is 15.4. The fourth-order valence-corrected chi connectivity index (χ4v) is 3.12. The molecule has 2 N–H and O–H groups in total. The van der Waals surface area contributed by atoms with Crippen molar-refractivity contribution in [2.75, 3.05) is 7.11 Å². The highest BCUT2D eigenvalue weighted by Gasteiger charge is 2.28. The lowest BCUT2D eigenvalue weighted by Crippen LogP contribution is -2.43. The van der Waals surface area contributed by atoms with Crippen molar-refractivity contribution in [1.29, 1.82) is 0 Å². The number of pyridine rings is 1. The number of nitrogens with zero attached hydrogens (tertiary/aromatic N) is 1. The minimum absolute atomic E-state index is 0.114. The van der Waals surface area contributed by atoms with E-state index in [9.17, 15) is 14.7 Å². The van der Waals surface area contributed by atoms with E-state index in [2.05, 4.69) is 17.2 Å². The smallest absolute Gasteiger partial charge is 0.328 e. The molecular weight excluding hydrogens is 412 g/mol. The van der Waals surface area contributed by atoms with Gasteiger partial charge in [0.25, 0.3) is 5.91 Å². The van der Waals surface area contributed by atoms with Crippen molar-refractivity contribution >= 4 is 11.9 Å². The number of carbonyl (C=O) groups excluding carboxylic acids is 2. The van der Waals surface area contributed by atoms with Crippen LogP contribution in [0, 0.1) is 0 Å². The lowest BCUT2D eigenvalue weighted by Gasteiger charge is -2.26. The minimum Gasteiger partial charge on any atom is -0.503 e. The topological polar surface area (TPSA) is 107 Å². The summed E-state index contributed by atoms with van der Waals surface area (Å²) in [7, 11) is 1.37. The van der Waals surface area contributed by atoms with E-state index in [4.69, 9.17) is 14.2 Å². The van der Waals surface area contributed by atoms with Crippen molar-refractivity contribution in [1.82, 2.24) is 10.3 Å². The predicted molar refractivity (Wildman–Crippen MR) is 120 cm³/mol. The zero-order valence-corrected chi connectivity index (χ0v) is 19.0. The number of esters is 1. The van der Waals surface area contributed by atoms with E-state index < -0.39 is 29.8 Å². The van der Waals surface area contributed by atoms with Crippen LogP contribution in [0.4, 0.5) is 0 Å². The van der Waals surface area contributed by atoms with Crippen molar-refractivity contribution in [2.24, 2.45) is 0 Å². The van der Waals surface area contributed by atoms with E-state index in [-0.39, 0.29) is 17.5 Å². The number of aromatic hydroxyl groups is 1. The Kier molecular flexibility index (Phi) is 9.78. The van der Waals surface area contributed by atoms with Crippen molar-refractivity contribution in [3.05, 3.63) is 48.3 Å². The molecule has 8 nitrogen and oxygen atoms in total. The van der Waals surface area contributed by atoms with E-state index >= 15 is 0 Å². The maximum atomic E-state index is 12.7. The van der Waals surface area contributed by atoms with Crippen molar-refractivity contribution < 1.29 is 28.9 Å². The highest BCUT2D eigenvalue weighted by molar-refractivity contribution is 5.97. The van der Waals surface area contributed by atoms with Crippen LogP contribution in [-0.4, -0.2) is 47.3 Å². The molecule has 2 aromatic rings. The van der Waals surface area contributed by atoms with Crippen molar-refractivity contribution in [3.63, 3.8) is 0 Å². The summed E-state index contributed by atoms with van der Waals surface area (Å²) in [6, 6.07) is 9.82. The summed E-state index contributed by atoms with van der Waals surface area (Å²) in [5.41, 5.74) is -0.232. The Morgan fingerprint density at radius 3 is 2.50 bits per heavy atom. The maximum absolute atomic E-state index is 12.7. The molecule has 1 amide bonds.